The molecular weight excluding hydrogens is 537 g/mol. The van der Waals surface area contributed by atoms with Crippen molar-refractivity contribution in [3.05, 3.63) is 92.5 Å². The summed E-state index contributed by atoms with van der Waals surface area (Å²) in [6, 6.07) is 7.48. The lowest BCUT2D eigenvalue weighted by molar-refractivity contribution is -0.137. The zero-order chi connectivity index (χ0) is 25.1. The first-order valence-corrected chi connectivity index (χ1v) is 11.2. The van der Waals surface area contributed by atoms with E-state index in [-0.39, 0.29) is 11.3 Å². The fourth-order valence-electron chi connectivity index (χ4n) is 4.47. The van der Waals surface area contributed by atoms with Crippen LogP contribution in [-0.2, 0) is 12.6 Å². The Kier molecular flexibility index (Phi) is 5.54. The number of amides is 3. The molecule has 180 valence electrons. The fourth-order valence-corrected chi connectivity index (χ4v) is 5.08. The van der Waals surface area contributed by atoms with Gasteiger partial charge in [-0.3, -0.25) is 9.69 Å². The van der Waals surface area contributed by atoms with Crippen molar-refractivity contribution in [2.45, 2.75) is 18.6 Å². The molecule has 3 amide bonds. The Hall–Kier alpha value is -3.47. The van der Waals surface area contributed by atoms with Crippen molar-refractivity contribution in [3.8, 4) is 0 Å². The maximum atomic E-state index is 14.7. The van der Waals surface area contributed by atoms with E-state index in [2.05, 4.69) is 26.6 Å². The number of halogens is 6. The number of alkyl halides is 3. The fraction of sp³-hybridized carbons (Fsp3) is 0.167. The van der Waals surface area contributed by atoms with Gasteiger partial charge >= 0.3 is 12.2 Å². The van der Waals surface area contributed by atoms with Crippen LogP contribution in [0.3, 0.4) is 0 Å². The van der Waals surface area contributed by atoms with Crippen LogP contribution in [0.5, 0.6) is 0 Å². The molecule has 0 fully saturated rings. The van der Waals surface area contributed by atoms with E-state index in [4.69, 9.17) is 0 Å². The average Bonchev–Trinajstić information content (AvgIpc) is 3.24. The molecule has 0 aromatic heterocycles. The quantitative estimate of drug-likeness (QED) is 0.382. The van der Waals surface area contributed by atoms with Gasteiger partial charge in [0.25, 0.3) is 5.91 Å². The van der Waals surface area contributed by atoms with E-state index >= 15 is 0 Å². The molecule has 0 saturated carbocycles. The van der Waals surface area contributed by atoms with E-state index in [0.717, 1.165) is 5.56 Å². The summed E-state index contributed by atoms with van der Waals surface area (Å²) >= 11 is 3.43. The molecule has 2 heterocycles. The molecule has 0 bridgehead atoms. The predicted molar refractivity (Wildman–Crippen MR) is 121 cm³/mol. The SMILES string of the molecule is O=C(Nc1cc(Br)c2c3c1C(c1ccccc1F)NC(=O)N3CC2)c1cc(F)cc(C(F)(F)F)c1. The summed E-state index contributed by atoms with van der Waals surface area (Å²) in [5.41, 5.74) is 0.0885. The van der Waals surface area contributed by atoms with Gasteiger partial charge in [0, 0.05) is 33.4 Å². The first-order chi connectivity index (χ1) is 16.5. The van der Waals surface area contributed by atoms with Gasteiger partial charge in [-0.15, -0.1) is 0 Å². The highest BCUT2D eigenvalue weighted by Gasteiger charge is 2.40. The molecule has 11 heteroatoms. The maximum Gasteiger partial charge on any atom is 0.416 e. The van der Waals surface area contributed by atoms with Crippen LogP contribution in [-0.4, -0.2) is 18.5 Å². The minimum Gasteiger partial charge on any atom is -0.327 e. The molecule has 2 N–H and O–H groups in total. The van der Waals surface area contributed by atoms with Crippen LogP contribution in [0.4, 0.5) is 38.1 Å². The second kappa shape index (κ2) is 8.33. The number of carbonyl (C=O) groups excluding carboxylic acids is 2. The van der Waals surface area contributed by atoms with Crippen molar-refractivity contribution in [2.24, 2.45) is 0 Å². The van der Waals surface area contributed by atoms with Gasteiger partial charge in [0.15, 0.2) is 0 Å². The third-order valence-electron chi connectivity index (χ3n) is 6.00. The standard InChI is InChI=1S/C24H15BrF5N3O2/c25-16-10-18(31-22(34)11-7-12(24(28,29)30)9-13(26)8-11)19-20(15-3-1-2-4-17(15)27)32-23(35)33-6-5-14(16)21(19)33/h1-4,7-10,20H,5-6H2,(H,31,34)(H,32,35). The number of benzene rings is 3. The zero-order valence-corrected chi connectivity index (χ0v) is 19.2. The predicted octanol–water partition coefficient (Wildman–Crippen LogP) is 6.17. The van der Waals surface area contributed by atoms with Gasteiger partial charge in [-0.25, -0.2) is 13.6 Å². The molecule has 0 aliphatic carbocycles. The highest BCUT2D eigenvalue weighted by atomic mass is 79.9. The van der Waals surface area contributed by atoms with Crippen molar-refractivity contribution in [3.63, 3.8) is 0 Å². The molecule has 1 unspecified atom stereocenters. The largest absolute Gasteiger partial charge is 0.416 e. The van der Waals surface area contributed by atoms with Gasteiger partial charge < -0.3 is 10.6 Å². The van der Waals surface area contributed by atoms with Crippen molar-refractivity contribution in [1.82, 2.24) is 5.32 Å². The monoisotopic (exact) mass is 551 g/mol. The summed E-state index contributed by atoms with van der Waals surface area (Å²) in [6.07, 6.45) is -4.34. The number of hydrogen-bond donors (Lipinski definition) is 2. The number of rotatable bonds is 3. The Morgan fingerprint density at radius 3 is 2.57 bits per heavy atom. The number of hydrogen-bond acceptors (Lipinski definition) is 2. The van der Waals surface area contributed by atoms with E-state index in [0.29, 0.717) is 46.9 Å². The summed E-state index contributed by atoms with van der Waals surface area (Å²) < 4.78 is 68.6. The Balaban J connectivity index is 1.64. The second-order valence-corrected chi connectivity index (χ2v) is 8.99. The van der Waals surface area contributed by atoms with E-state index in [1.165, 1.54) is 23.1 Å². The van der Waals surface area contributed by atoms with Crippen LogP contribution >= 0.6 is 15.9 Å². The lowest BCUT2D eigenvalue weighted by Gasteiger charge is -2.35. The van der Waals surface area contributed by atoms with Crippen LogP contribution in [0, 0.1) is 11.6 Å². The maximum absolute atomic E-state index is 14.7. The highest BCUT2D eigenvalue weighted by Crippen LogP contribution is 2.48. The van der Waals surface area contributed by atoms with E-state index in [1.807, 2.05) is 0 Å². The van der Waals surface area contributed by atoms with Gasteiger partial charge in [-0.05, 0) is 42.3 Å². The second-order valence-electron chi connectivity index (χ2n) is 8.13. The highest BCUT2D eigenvalue weighted by molar-refractivity contribution is 9.10. The van der Waals surface area contributed by atoms with Gasteiger partial charge in [0.2, 0.25) is 0 Å². The average molecular weight is 552 g/mol. The van der Waals surface area contributed by atoms with Gasteiger partial charge in [-0.2, -0.15) is 13.2 Å². The number of urea groups is 1. The summed E-state index contributed by atoms with van der Waals surface area (Å²) in [5, 5.41) is 5.29. The molecule has 2 aliphatic heterocycles. The molecule has 3 aromatic rings. The Bertz CT molecular complexity index is 1390. The minimum absolute atomic E-state index is 0.138. The van der Waals surface area contributed by atoms with Crippen LogP contribution < -0.4 is 15.5 Å². The summed E-state index contributed by atoms with van der Waals surface area (Å²) in [5.74, 6) is -2.80. The van der Waals surface area contributed by atoms with Crippen molar-refractivity contribution >= 4 is 39.2 Å². The third kappa shape index (κ3) is 4.03. The number of anilines is 2. The smallest absolute Gasteiger partial charge is 0.327 e. The molecule has 5 nitrogen and oxygen atoms in total. The van der Waals surface area contributed by atoms with Gasteiger partial charge in [-0.1, -0.05) is 34.1 Å². The summed E-state index contributed by atoms with van der Waals surface area (Å²) in [7, 11) is 0. The molecule has 0 spiro atoms. The van der Waals surface area contributed by atoms with Crippen LogP contribution in [0.1, 0.15) is 38.7 Å². The molecule has 0 saturated heterocycles. The Morgan fingerprint density at radius 1 is 1.11 bits per heavy atom. The molecule has 35 heavy (non-hydrogen) atoms. The Morgan fingerprint density at radius 2 is 1.86 bits per heavy atom. The number of nitrogens with zero attached hydrogens (tertiary/aromatic N) is 1. The number of nitrogens with one attached hydrogen (secondary N) is 2. The van der Waals surface area contributed by atoms with Crippen molar-refractivity contribution in [1.29, 1.82) is 0 Å². The molecule has 3 aromatic carbocycles. The van der Waals surface area contributed by atoms with Crippen LogP contribution in [0.25, 0.3) is 0 Å². The number of carbonyl (C=O) groups is 2. The van der Waals surface area contributed by atoms with Gasteiger partial charge in [0.1, 0.15) is 11.6 Å². The minimum atomic E-state index is -4.85. The summed E-state index contributed by atoms with van der Waals surface area (Å²) in [4.78, 5) is 27.2. The zero-order valence-electron chi connectivity index (χ0n) is 17.6. The normalized spacial score (nSPS) is 16.7. The Labute approximate surface area is 204 Å². The first-order valence-electron chi connectivity index (χ1n) is 10.4. The molecule has 2 aliphatic rings. The van der Waals surface area contributed by atoms with E-state index in [1.54, 1.807) is 12.1 Å². The van der Waals surface area contributed by atoms with Crippen molar-refractivity contribution in [2.75, 3.05) is 16.8 Å². The van der Waals surface area contributed by atoms with E-state index < -0.39 is 46.9 Å². The first kappa shape index (κ1) is 23.3. The van der Waals surface area contributed by atoms with Crippen LogP contribution in [0.2, 0.25) is 0 Å². The molecular formula is C24H15BrF5N3O2. The topological polar surface area (TPSA) is 61.4 Å². The lowest BCUT2D eigenvalue weighted by atomic mass is 9.91. The lowest BCUT2D eigenvalue weighted by Crippen LogP contribution is -2.46. The summed E-state index contributed by atoms with van der Waals surface area (Å²) in [6.45, 7) is 0.354. The molecule has 0 radical (unpaired) electrons. The molecule has 1 atom stereocenters. The molecule has 5 rings (SSSR count). The van der Waals surface area contributed by atoms with Gasteiger partial charge in [0.05, 0.1) is 17.3 Å². The van der Waals surface area contributed by atoms with Crippen LogP contribution in [0.15, 0.2) is 53.0 Å². The van der Waals surface area contributed by atoms with E-state index in [9.17, 15) is 31.5 Å². The van der Waals surface area contributed by atoms with Crippen molar-refractivity contribution < 1.29 is 31.5 Å². The third-order valence-corrected chi connectivity index (χ3v) is 6.71.